The second-order valence-electron chi connectivity index (χ2n) is 6.54. The molecule has 5 nitrogen and oxygen atoms in total. The summed E-state index contributed by atoms with van der Waals surface area (Å²) in [5.74, 6) is 0.847. The number of aromatic nitrogens is 1. The van der Waals surface area contributed by atoms with Crippen molar-refractivity contribution in [3.05, 3.63) is 47.7 Å². The third kappa shape index (κ3) is 4.41. The topological polar surface area (TPSA) is 51.7 Å². The number of rotatable bonds is 6. The van der Waals surface area contributed by atoms with Crippen LogP contribution in [0.2, 0.25) is 0 Å². The number of hydrogen-bond donors (Lipinski definition) is 0. The van der Waals surface area contributed by atoms with Crippen molar-refractivity contribution in [1.82, 2.24) is 9.88 Å². The van der Waals surface area contributed by atoms with Crippen molar-refractivity contribution in [3.8, 4) is 17.0 Å². The van der Waals surface area contributed by atoms with Gasteiger partial charge in [0.2, 0.25) is 0 Å². The molecule has 0 saturated carbocycles. The zero-order chi connectivity index (χ0) is 18.4. The van der Waals surface area contributed by atoms with E-state index in [4.69, 9.17) is 9.47 Å². The van der Waals surface area contributed by atoms with Crippen molar-refractivity contribution in [2.75, 3.05) is 32.9 Å². The van der Waals surface area contributed by atoms with E-state index in [2.05, 4.69) is 24.9 Å². The molecule has 0 spiro atoms. The minimum absolute atomic E-state index is 0.0102. The zero-order valence-electron chi connectivity index (χ0n) is 15.5. The number of unbranched alkanes of at least 4 members (excludes halogenated alkanes) is 1. The van der Waals surface area contributed by atoms with E-state index >= 15 is 0 Å². The Balaban J connectivity index is 1.79. The number of carbonyl (C=O) groups is 1. The number of ether oxygens (including phenoxy) is 2. The first-order chi connectivity index (χ1) is 12.7. The summed E-state index contributed by atoms with van der Waals surface area (Å²) in [7, 11) is 0. The van der Waals surface area contributed by atoms with E-state index in [1.54, 1.807) is 6.20 Å². The Morgan fingerprint density at radius 2 is 2.04 bits per heavy atom. The lowest BCUT2D eigenvalue weighted by Gasteiger charge is -2.26. The molecule has 0 radical (unpaired) electrons. The molecule has 0 N–H and O–H groups in total. The summed E-state index contributed by atoms with van der Waals surface area (Å²) >= 11 is 0. The van der Waals surface area contributed by atoms with Gasteiger partial charge in [-0.1, -0.05) is 25.0 Å². The molecule has 1 fully saturated rings. The fraction of sp³-hybridized carbons (Fsp3) is 0.429. The Morgan fingerprint density at radius 1 is 1.23 bits per heavy atom. The van der Waals surface area contributed by atoms with Gasteiger partial charge >= 0.3 is 0 Å². The average Bonchev–Trinajstić information content (AvgIpc) is 2.69. The van der Waals surface area contributed by atoms with E-state index < -0.39 is 0 Å². The van der Waals surface area contributed by atoms with Crippen LogP contribution in [-0.4, -0.2) is 48.7 Å². The maximum Gasteiger partial charge on any atom is 0.255 e. The molecule has 1 aromatic heterocycles. The van der Waals surface area contributed by atoms with Gasteiger partial charge in [-0.15, -0.1) is 0 Å². The summed E-state index contributed by atoms with van der Waals surface area (Å²) in [5.41, 5.74) is 3.54. The highest BCUT2D eigenvalue weighted by atomic mass is 16.5. The van der Waals surface area contributed by atoms with Gasteiger partial charge in [-0.3, -0.25) is 9.78 Å². The Hall–Kier alpha value is -2.40. The highest BCUT2D eigenvalue weighted by Crippen LogP contribution is 2.30. The molecule has 3 rings (SSSR count). The van der Waals surface area contributed by atoms with Crippen molar-refractivity contribution in [1.29, 1.82) is 0 Å². The Kier molecular flexibility index (Phi) is 6.23. The van der Waals surface area contributed by atoms with Crippen LogP contribution in [0.5, 0.6) is 5.75 Å². The standard InChI is InChI=1S/C21H26N2O3/c1-3-4-11-26-20-8-5-16(2)14-18(20)19-7-6-17(15-22-19)21(24)23-9-12-25-13-10-23/h5-8,14-15H,3-4,9-13H2,1-2H3. The highest BCUT2D eigenvalue weighted by Gasteiger charge is 2.19. The van der Waals surface area contributed by atoms with Gasteiger partial charge in [0.25, 0.3) is 5.91 Å². The molecule has 1 aliphatic rings. The van der Waals surface area contributed by atoms with E-state index in [1.807, 2.05) is 29.2 Å². The summed E-state index contributed by atoms with van der Waals surface area (Å²) < 4.78 is 11.2. The van der Waals surface area contributed by atoms with Crippen LogP contribution in [0.25, 0.3) is 11.3 Å². The van der Waals surface area contributed by atoms with Crippen LogP contribution < -0.4 is 4.74 Å². The molecule has 5 heteroatoms. The van der Waals surface area contributed by atoms with Crippen molar-refractivity contribution in [3.63, 3.8) is 0 Å². The van der Waals surface area contributed by atoms with Crippen LogP contribution in [0, 0.1) is 6.92 Å². The highest BCUT2D eigenvalue weighted by molar-refractivity contribution is 5.94. The molecule has 0 aliphatic carbocycles. The Labute approximate surface area is 155 Å². The number of carbonyl (C=O) groups excluding carboxylic acids is 1. The first-order valence-electron chi connectivity index (χ1n) is 9.26. The SMILES string of the molecule is CCCCOc1ccc(C)cc1-c1ccc(C(=O)N2CCOCC2)cn1. The second kappa shape index (κ2) is 8.81. The summed E-state index contributed by atoms with van der Waals surface area (Å²) in [6.45, 7) is 7.35. The van der Waals surface area contributed by atoms with Crippen molar-refractivity contribution in [2.24, 2.45) is 0 Å². The molecule has 138 valence electrons. The lowest BCUT2D eigenvalue weighted by molar-refractivity contribution is 0.0302. The number of amides is 1. The maximum atomic E-state index is 12.5. The summed E-state index contributed by atoms with van der Waals surface area (Å²) in [5, 5.41) is 0. The summed E-state index contributed by atoms with van der Waals surface area (Å²) in [6.07, 6.45) is 3.77. The fourth-order valence-electron chi connectivity index (χ4n) is 2.93. The smallest absolute Gasteiger partial charge is 0.255 e. The molecular weight excluding hydrogens is 328 g/mol. The first kappa shape index (κ1) is 18.4. The Morgan fingerprint density at radius 3 is 2.73 bits per heavy atom. The third-order valence-electron chi connectivity index (χ3n) is 4.48. The molecule has 0 bridgehead atoms. The molecule has 0 atom stereocenters. The van der Waals surface area contributed by atoms with Crippen LogP contribution in [0.3, 0.4) is 0 Å². The van der Waals surface area contributed by atoms with Crippen LogP contribution in [-0.2, 0) is 4.74 Å². The molecule has 1 aliphatic heterocycles. The number of benzene rings is 1. The van der Waals surface area contributed by atoms with Gasteiger partial charge in [-0.05, 0) is 37.6 Å². The largest absolute Gasteiger partial charge is 0.493 e. The lowest BCUT2D eigenvalue weighted by atomic mass is 10.1. The van der Waals surface area contributed by atoms with Gasteiger partial charge in [0.15, 0.2) is 0 Å². The maximum absolute atomic E-state index is 12.5. The molecular formula is C21H26N2O3. The molecule has 0 unspecified atom stereocenters. The number of hydrogen-bond acceptors (Lipinski definition) is 4. The molecule has 1 saturated heterocycles. The number of aryl methyl sites for hydroxylation is 1. The predicted molar refractivity (Wildman–Crippen MR) is 102 cm³/mol. The molecule has 2 heterocycles. The average molecular weight is 354 g/mol. The Bertz CT molecular complexity index is 737. The minimum atomic E-state index is 0.0102. The van der Waals surface area contributed by atoms with Gasteiger partial charge in [-0.25, -0.2) is 0 Å². The molecule has 1 amide bonds. The van der Waals surface area contributed by atoms with Crippen LogP contribution in [0.4, 0.5) is 0 Å². The monoisotopic (exact) mass is 354 g/mol. The van der Waals surface area contributed by atoms with E-state index in [0.717, 1.165) is 35.4 Å². The summed E-state index contributed by atoms with van der Waals surface area (Å²) in [4.78, 5) is 18.9. The van der Waals surface area contributed by atoms with Gasteiger partial charge in [-0.2, -0.15) is 0 Å². The molecule has 1 aromatic carbocycles. The third-order valence-corrected chi connectivity index (χ3v) is 4.48. The van der Waals surface area contributed by atoms with Gasteiger partial charge < -0.3 is 14.4 Å². The van der Waals surface area contributed by atoms with E-state index in [9.17, 15) is 4.79 Å². The minimum Gasteiger partial charge on any atom is -0.493 e. The quantitative estimate of drug-likeness (QED) is 0.742. The van der Waals surface area contributed by atoms with Crippen LogP contribution >= 0.6 is 0 Å². The molecule has 26 heavy (non-hydrogen) atoms. The van der Waals surface area contributed by atoms with Gasteiger partial charge in [0, 0.05) is 24.8 Å². The van der Waals surface area contributed by atoms with E-state index in [-0.39, 0.29) is 5.91 Å². The second-order valence-corrected chi connectivity index (χ2v) is 6.54. The number of morpholine rings is 1. The normalized spacial score (nSPS) is 14.3. The number of pyridine rings is 1. The van der Waals surface area contributed by atoms with Crippen molar-refractivity contribution < 1.29 is 14.3 Å². The first-order valence-corrected chi connectivity index (χ1v) is 9.26. The van der Waals surface area contributed by atoms with Crippen molar-refractivity contribution in [2.45, 2.75) is 26.7 Å². The zero-order valence-corrected chi connectivity index (χ0v) is 15.5. The molecule has 2 aromatic rings. The van der Waals surface area contributed by atoms with Crippen LogP contribution in [0.1, 0.15) is 35.7 Å². The van der Waals surface area contributed by atoms with E-state index in [1.165, 1.54) is 0 Å². The van der Waals surface area contributed by atoms with Gasteiger partial charge in [0.05, 0.1) is 31.1 Å². The van der Waals surface area contributed by atoms with Crippen molar-refractivity contribution >= 4 is 5.91 Å². The van der Waals surface area contributed by atoms with Crippen LogP contribution in [0.15, 0.2) is 36.5 Å². The predicted octanol–water partition coefficient (Wildman–Crippen LogP) is 3.71. The lowest BCUT2D eigenvalue weighted by Crippen LogP contribution is -2.40. The summed E-state index contributed by atoms with van der Waals surface area (Å²) in [6, 6.07) is 9.86. The van der Waals surface area contributed by atoms with Gasteiger partial charge in [0.1, 0.15) is 5.75 Å². The number of nitrogens with zero attached hydrogens (tertiary/aromatic N) is 2. The van der Waals surface area contributed by atoms with E-state index in [0.29, 0.717) is 38.5 Å². The fourth-order valence-corrected chi connectivity index (χ4v) is 2.93.